The largest absolute Gasteiger partial charge is 0.490 e. The quantitative estimate of drug-likeness (QED) is 0.765. The zero-order valence-corrected chi connectivity index (χ0v) is 13.3. The Labute approximate surface area is 129 Å². The van der Waals surface area contributed by atoms with Crippen molar-refractivity contribution in [2.24, 2.45) is 0 Å². The lowest BCUT2D eigenvalue weighted by Gasteiger charge is -2.11. The van der Waals surface area contributed by atoms with Crippen molar-refractivity contribution in [2.45, 2.75) is 33.3 Å². The van der Waals surface area contributed by atoms with Crippen molar-refractivity contribution in [2.75, 3.05) is 18.5 Å². The topological polar surface area (TPSA) is 56.3 Å². The highest BCUT2D eigenvalue weighted by Gasteiger charge is 2.10. The fraction of sp³-hybridized carbons (Fsp3) is 0.467. The van der Waals surface area contributed by atoms with Gasteiger partial charge in [-0.15, -0.1) is 5.10 Å². The molecule has 0 saturated heterocycles. The number of aromatic nitrogens is 2. The number of benzene rings is 1. The van der Waals surface area contributed by atoms with Gasteiger partial charge in [0.05, 0.1) is 6.61 Å². The lowest BCUT2D eigenvalue weighted by molar-refractivity contribution is 0.259. The summed E-state index contributed by atoms with van der Waals surface area (Å²) in [6, 6.07) is 7.70. The predicted octanol–water partition coefficient (Wildman–Crippen LogP) is 3.73. The summed E-state index contributed by atoms with van der Waals surface area (Å²) in [5, 5.41) is 8.40. The number of anilines is 1. The molecule has 0 bridgehead atoms. The second-order valence-corrected chi connectivity index (χ2v) is 5.31. The van der Waals surface area contributed by atoms with Crippen LogP contribution in [0.15, 0.2) is 24.3 Å². The third-order valence-corrected chi connectivity index (χ3v) is 3.49. The maximum Gasteiger partial charge on any atom is 0.161 e. The second-order valence-electron chi connectivity index (χ2n) is 4.56. The fourth-order valence-corrected chi connectivity index (χ4v) is 2.32. The van der Waals surface area contributed by atoms with E-state index in [9.17, 15) is 0 Å². The van der Waals surface area contributed by atoms with Crippen molar-refractivity contribution in [3.05, 3.63) is 30.0 Å². The van der Waals surface area contributed by atoms with Crippen molar-refractivity contribution in [3.63, 3.8) is 0 Å². The molecule has 0 unspecified atom stereocenters. The molecular weight excluding hydrogens is 286 g/mol. The van der Waals surface area contributed by atoms with Crippen molar-refractivity contribution in [1.82, 2.24) is 9.59 Å². The highest BCUT2D eigenvalue weighted by Crippen LogP contribution is 2.28. The van der Waals surface area contributed by atoms with E-state index in [1.165, 1.54) is 11.5 Å². The van der Waals surface area contributed by atoms with Crippen LogP contribution in [0.5, 0.6) is 11.5 Å². The molecule has 114 valence electrons. The van der Waals surface area contributed by atoms with Gasteiger partial charge in [0.2, 0.25) is 0 Å². The first kappa shape index (κ1) is 15.6. The van der Waals surface area contributed by atoms with Crippen LogP contribution in [0.2, 0.25) is 0 Å². The van der Waals surface area contributed by atoms with E-state index < -0.39 is 0 Å². The summed E-state index contributed by atoms with van der Waals surface area (Å²) in [7, 11) is 0. The molecule has 0 saturated carbocycles. The number of hydrogen-bond acceptors (Lipinski definition) is 6. The lowest BCUT2D eigenvalue weighted by atomic mass is 10.3. The molecule has 1 N–H and O–H groups in total. The van der Waals surface area contributed by atoms with Crippen LogP contribution in [0.4, 0.5) is 5.00 Å². The van der Waals surface area contributed by atoms with Crippen molar-refractivity contribution >= 4 is 16.5 Å². The Morgan fingerprint density at radius 1 is 1.10 bits per heavy atom. The van der Waals surface area contributed by atoms with E-state index >= 15 is 0 Å². The molecule has 0 radical (unpaired) electrons. The summed E-state index contributed by atoms with van der Waals surface area (Å²) < 4.78 is 15.5. The van der Waals surface area contributed by atoms with E-state index in [1.807, 2.05) is 24.3 Å². The molecule has 1 heterocycles. The van der Waals surface area contributed by atoms with Crippen LogP contribution in [0.1, 0.15) is 32.4 Å². The number of nitrogens with zero attached hydrogens (tertiary/aromatic N) is 2. The molecule has 21 heavy (non-hydrogen) atoms. The lowest BCUT2D eigenvalue weighted by Crippen LogP contribution is -2.04. The molecule has 1 aromatic carbocycles. The van der Waals surface area contributed by atoms with E-state index in [1.54, 1.807) is 0 Å². The molecule has 0 amide bonds. The number of ether oxygens (including phenoxy) is 2. The Morgan fingerprint density at radius 2 is 1.86 bits per heavy atom. The molecule has 0 fully saturated rings. The van der Waals surface area contributed by atoms with Gasteiger partial charge in [-0.1, -0.05) is 30.5 Å². The average Bonchev–Trinajstić information content (AvgIpc) is 2.97. The van der Waals surface area contributed by atoms with Crippen molar-refractivity contribution < 1.29 is 9.47 Å². The van der Waals surface area contributed by atoms with Gasteiger partial charge in [-0.2, -0.15) is 0 Å². The summed E-state index contributed by atoms with van der Waals surface area (Å²) in [4.78, 5) is 0. The van der Waals surface area contributed by atoms with Crippen LogP contribution in [0, 0.1) is 0 Å². The zero-order chi connectivity index (χ0) is 14.9. The van der Waals surface area contributed by atoms with Crippen molar-refractivity contribution in [3.8, 4) is 11.5 Å². The van der Waals surface area contributed by atoms with Gasteiger partial charge in [0.25, 0.3) is 0 Å². The van der Waals surface area contributed by atoms with Crippen LogP contribution >= 0.6 is 11.5 Å². The Kier molecular flexibility index (Phi) is 6.27. The van der Waals surface area contributed by atoms with Gasteiger partial charge >= 0.3 is 0 Å². The summed E-state index contributed by atoms with van der Waals surface area (Å²) in [6.07, 6.45) is 2.03. The van der Waals surface area contributed by atoms with E-state index in [2.05, 4.69) is 28.8 Å². The first-order valence-corrected chi connectivity index (χ1v) is 8.02. The van der Waals surface area contributed by atoms with E-state index in [4.69, 9.17) is 9.47 Å². The normalized spacial score (nSPS) is 10.4. The highest BCUT2D eigenvalue weighted by molar-refractivity contribution is 7.10. The maximum absolute atomic E-state index is 5.84. The fourth-order valence-electron chi connectivity index (χ4n) is 1.72. The van der Waals surface area contributed by atoms with Gasteiger partial charge < -0.3 is 14.8 Å². The minimum Gasteiger partial charge on any atom is -0.490 e. The van der Waals surface area contributed by atoms with E-state index in [0.717, 1.165) is 41.6 Å². The molecule has 0 aliphatic carbocycles. The third kappa shape index (κ3) is 4.60. The molecule has 2 aromatic rings. The highest BCUT2D eigenvalue weighted by atomic mass is 32.1. The zero-order valence-electron chi connectivity index (χ0n) is 12.5. The van der Waals surface area contributed by atoms with E-state index in [-0.39, 0.29) is 0 Å². The van der Waals surface area contributed by atoms with Gasteiger partial charge in [0.1, 0.15) is 17.3 Å². The van der Waals surface area contributed by atoms with Crippen LogP contribution in [-0.2, 0) is 6.61 Å². The van der Waals surface area contributed by atoms with Crippen LogP contribution in [-0.4, -0.2) is 22.7 Å². The Morgan fingerprint density at radius 3 is 2.57 bits per heavy atom. The second kappa shape index (κ2) is 8.46. The summed E-state index contributed by atoms with van der Waals surface area (Å²) in [5.41, 5.74) is 0.832. The molecule has 0 atom stereocenters. The first-order chi connectivity index (χ1) is 10.3. The smallest absolute Gasteiger partial charge is 0.161 e. The Bertz CT molecular complexity index is 545. The first-order valence-electron chi connectivity index (χ1n) is 7.24. The van der Waals surface area contributed by atoms with Gasteiger partial charge in [0.15, 0.2) is 11.5 Å². The van der Waals surface area contributed by atoms with Crippen LogP contribution in [0.3, 0.4) is 0 Å². The maximum atomic E-state index is 5.84. The third-order valence-electron chi connectivity index (χ3n) is 2.77. The molecule has 6 heteroatoms. The number of para-hydroxylation sites is 2. The SMILES string of the molecule is CCCNc1snnc1COc1ccccc1OCCC. The summed E-state index contributed by atoms with van der Waals surface area (Å²) in [5.74, 6) is 1.51. The monoisotopic (exact) mass is 307 g/mol. The summed E-state index contributed by atoms with van der Waals surface area (Å²) >= 11 is 1.36. The standard InChI is InChI=1S/C15H21N3O2S/c1-3-9-16-15-12(17-18-21-15)11-20-14-8-6-5-7-13(14)19-10-4-2/h5-8,16H,3-4,9-11H2,1-2H3. The minimum atomic E-state index is 0.384. The Balaban J connectivity index is 1.98. The van der Waals surface area contributed by atoms with Gasteiger partial charge in [0, 0.05) is 18.1 Å². The average molecular weight is 307 g/mol. The van der Waals surface area contributed by atoms with E-state index in [0.29, 0.717) is 13.2 Å². The molecule has 0 aliphatic heterocycles. The van der Waals surface area contributed by atoms with Crippen LogP contribution < -0.4 is 14.8 Å². The Hall–Kier alpha value is -1.82. The van der Waals surface area contributed by atoms with Gasteiger partial charge in [-0.3, -0.25) is 0 Å². The molecule has 1 aromatic heterocycles. The predicted molar refractivity (Wildman–Crippen MR) is 85.2 cm³/mol. The summed E-state index contributed by atoms with van der Waals surface area (Å²) in [6.45, 7) is 6.18. The van der Waals surface area contributed by atoms with Gasteiger partial charge in [-0.05, 0) is 25.0 Å². The number of nitrogens with one attached hydrogen (secondary N) is 1. The molecule has 5 nitrogen and oxygen atoms in total. The molecule has 0 spiro atoms. The van der Waals surface area contributed by atoms with Crippen LogP contribution in [0.25, 0.3) is 0 Å². The van der Waals surface area contributed by atoms with Gasteiger partial charge in [-0.25, -0.2) is 0 Å². The minimum absolute atomic E-state index is 0.384. The molecule has 0 aliphatic rings. The molecule has 2 rings (SSSR count). The van der Waals surface area contributed by atoms with Crippen molar-refractivity contribution in [1.29, 1.82) is 0 Å². The molecular formula is C15H21N3O2S. The number of hydrogen-bond donors (Lipinski definition) is 1. The number of rotatable bonds is 9.